The quantitative estimate of drug-likeness (QED) is 0.275. The van der Waals surface area contributed by atoms with Gasteiger partial charge < -0.3 is 29.9 Å². The molecule has 0 aliphatic carbocycles. The Labute approximate surface area is 125 Å². The lowest BCUT2D eigenvalue weighted by molar-refractivity contribution is -0.277. The highest BCUT2D eigenvalue weighted by Crippen LogP contribution is 2.24. The summed E-state index contributed by atoms with van der Waals surface area (Å²) in [5, 5.41) is 46.7. The van der Waals surface area contributed by atoms with Gasteiger partial charge in [-0.15, -0.1) is 0 Å². The lowest BCUT2D eigenvalue weighted by Crippen LogP contribution is -2.60. The van der Waals surface area contributed by atoms with Crippen LogP contribution in [-0.4, -0.2) is 68.9 Å². The van der Waals surface area contributed by atoms with Crippen molar-refractivity contribution >= 4 is 5.91 Å². The molecule has 6 N–H and O–H groups in total. The minimum atomic E-state index is -1.53. The van der Waals surface area contributed by atoms with Crippen LogP contribution in [0.2, 0.25) is 0 Å². The first-order valence-electron chi connectivity index (χ1n) is 6.49. The molecule has 0 unspecified atom stereocenters. The molecule has 9 nitrogen and oxygen atoms in total. The summed E-state index contributed by atoms with van der Waals surface area (Å²) in [4.78, 5) is 11.2. The van der Waals surface area contributed by atoms with E-state index < -0.39 is 43.2 Å². The van der Waals surface area contributed by atoms with E-state index in [1.165, 1.54) is 29.7 Å². The van der Waals surface area contributed by atoms with E-state index in [1.807, 2.05) is 0 Å². The monoisotopic (exact) mass is 315 g/mol. The molecule has 0 spiro atoms. The molecule has 1 heterocycles. The third-order valence-corrected chi connectivity index (χ3v) is 3.32. The molecule has 2 rings (SSSR count). The molecular weight excluding hydrogens is 298 g/mol. The van der Waals surface area contributed by atoms with Crippen molar-refractivity contribution in [2.45, 2.75) is 30.7 Å². The molecule has 122 valence electrons. The van der Waals surface area contributed by atoms with Crippen LogP contribution in [-0.2, 0) is 4.74 Å². The number of benzene rings is 1. The molecule has 9 heteroatoms. The normalized spacial score (nSPS) is 31.6. The van der Waals surface area contributed by atoms with Crippen LogP contribution >= 0.6 is 0 Å². The number of hydrogen-bond donors (Lipinski definition) is 6. The van der Waals surface area contributed by atoms with Crippen LogP contribution < -0.4 is 10.2 Å². The van der Waals surface area contributed by atoms with Gasteiger partial charge in [-0.25, -0.2) is 5.48 Å². The number of aliphatic hydroxyl groups excluding tert-OH is 4. The Bertz CT molecular complexity index is 505. The third-order valence-electron chi connectivity index (χ3n) is 3.32. The van der Waals surface area contributed by atoms with Crippen LogP contribution in [0.4, 0.5) is 0 Å². The zero-order valence-corrected chi connectivity index (χ0v) is 11.4. The number of hydrogen-bond acceptors (Lipinski definition) is 8. The Hall–Kier alpha value is -1.75. The second-order valence-electron chi connectivity index (χ2n) is 4.78. The van der Waals surface area contributed by atoms with Gasteiger partial charge in [0.1, 0.15) is 30.2 Å². The average Bonchev–Trinajstić information content (AvgIpc) is 2.55. The predicted molar refractivity (Wildman–Crippen MR) is 70.1 cm³/mol. The first-order chi connectivity index (χ1) is 10.5. The second kappa shape index (κ2) is 7.01. The summed E-state index contributed by atoms with van der Waals surface area (Å²) in [6.07, 6.45) is -6.88. The highest BCUT2D eigenvalue weighted by Gasteiger charge is 2.44. The zero-order valence-electron chi connectivity index (χ0n) is 11.4. The van der Waals surface area contributed by atoms with Crippen molar-refractivity contribution in [1.82, 2.24) is 5.48 Å². The van der Waals surface area contributed by atoms with Crippen LogP contribution in [0.3, 0.4) is 0 Å². The fraction of sp³-hybridized carbons (Fsp3) is 0.462. The summed E-state index contributed by atoms with van der Waals surface area (Å²) < 4.78 is 10.5. The Balaban J connectivity index is 2.07. The third kappa shape index (κ3) is 3.35. The zero-order chi connectivity index (χ0) is 16.3. The smallest absolute Gasteiger partial charge is 0.274 e. The van der Waals surface area contributed by atoms with Crippen LogP contribution in [0.15, 0.2) is 24.3 Å². The molecule has 22 heavy (non-hydrogen) atoms. The van der Waals surface area contributed by atoms with Crippen molar-refractivity contribution in [2.75, 3.05) is 6.61 Å². The molecule has 1 fully saturated rings. The van der Waals surface area contributed by atoms with Gasteiger partial charge >= 0.3 is 0 Å². The number of aliphatic hydroxyl groups is 4. The summed E-state index contributed by atoms with van der Waals surface area (Å²) in [5.41, 5.74) is 1.66. The van der Waals surface area contributed by atoms with Crippen LogP contribution in [0, 0.1) is 0 Å². The highest BCUT2D eigenvalue weighted by molar-refractivity contribution is 5.93. The van der Waals surface area contributed by atoms with Crippen molar-refractivity contribution in [3.63, 3.8) is 0 Å². The number of hydroxylamine groups is 1. The topological polar surface area (TPSA) is 149 Å². The van der Waals surface area contributed by atoms with Gasteiger partial charge in [-0.3, -0.25) is 10.0 Å². The molecular formula is C13H17NO8. The largest absolute Gasteiger partial charge is 0.462 e. The van der Waals surface area contributed by atoms with E-state index in [9.17, 15) is 20.1 Å². The first kappa shape index (κ1) is 16.6. The van der Waals surface area contributed by atoms with Gasteiger partial charge in [0, 0.05) is 5.56 Å². The highest BCUT2D eigenvalue weighted by atomic mass is 16.7. The van der Waals surface area contributed by atoms with Gasteiger partial charge in [-0.05, 0) is 24.3 Å². The molecule has 0 bridgehead atoms. The maximum Gasteiger partial charge on any atom is 0.274 e. The van der Waals surface area contributed by atoms with Crippen molar-refractivity contribution in [1.29, 1.82) is 0 Å². The first-order valence-corrected chi connectivity index (χ1v) is 6.49. The van der Waals surface area contributed by atoms with E-state index in [-0.39, 0.29) is 11.3 Å². The second-order valence-corrected chi connectivity index (χ2v) is 4.78. The van der Waals surface area contributed by atoms with E-state index in [0.29, 0.717) is 0 Å². The van der Waals surface area contributed by atoms with Gasteiger partial charge in [-0.2, -0.15) is 0 Å². The number of rotatable bonds is 4. The molecule has 0 radical (unpaired) electrons. The number of carbonyl (C=O) groups is 1. The Kier molecular flexibility index (Phi) is 5.29. The van der Waals surface area contributed by atoms with Gasteiger partial charge in [0.25, 0.3) is 5.91 Å². The van der Waals surface area contributed by atoms with Crippen molar-refractivity contribution < 1.29 is 39.9 Å². The Morgan fingerprint density at radius 3 is 2.32 bits per heavy atom. The SMILES string of the molecule is O=C(NO)c1ccc(O[C@@H]2O[C@H](CO)[C@@H](O)[C@H](O)[C@H]2O)cc1. The molecule has 1 aliphatic heterocycles. The summed E-state index contributed by atoms with van der Waals surface area (Å²) >= 11 is 0. The standard InChI is InChI=1S/C13H17NO8/c15-5-8-9(16)10(17)11(18)13(22-8)21-7-3-1-6(2-4-7)12(19)14-20/h1-4,8-11,13,15-18,20H,5H2,(H,14,19)/t8-,9-,10+,11-,13-/m1/s1. The number of nitrogens with one attached hydrogen (secondary N) is 1. The summed E-state index contributed by atoms with van der Waals surface area (Å²) in [5.74, 6) is -0.474. The number of ether oxygens (including phenoxy) is 2. The molecule has 1 amide bonds. The number of carbonyl (C=O) groups excluding carboxylic acids is 1. The molecule has 1 aromatic carbocycles. The van der Waals surface area contributed by atoms with Crippen LogP contribution in [0.25, 0.3) is 0 Å². The minimum Gasteiger partial charge on any atom is -0.462 e. The van der Waals surface area contributed by atoms with E-state index >= 15 is 0 Å². The molecule has 1 saturated heterocycles. The maximum absolute atomic E-state index is 11.2. The molecule has 1 aromatic rings. The number of amides is 1. The van der Waals surface area contributed by atoms with Gasteiger partial charge in [0.05, 0.1) is 6.61 Å². The van der Waals surface area contributed by atoms with Crippen molar-refractivity contribution in [3.05, 3.63) is 29.8 Å². The fourth-order valence-electron chi connectivity index (χ4n) is 2.05. The van der Waals surface area contributed by atoms with E-state index in [0.717, 1.165) is 0 Å². The van der Waals surface area contributed by atoms with E-state index in [1.54, 1.807) is 0 Å². The summed E-state index contributed by atoms with van der Waals surface area (Å²) in [7, 11) is 0. The van der Waals surface area contributed by atoms with Gasteiger partial charge in [0.2, 0.25) is 6.29 Å². The maximum atomic E-state index is 11.2. The van der Waals surface area contributed by atoms with Gasteiger partial charge in [0.15, 0.2) is 0 Å². The Morgan fingerprint density at radius 1 is 1.14 bits per heavy atom. The average molecular weight is 315 g/mol. The minimum absolute atomic E-state index is 0.184. The van der Waals surface area contributed by atoms with Crippen LogP contribution in [0.5, 0.6) is 5.75 Å². The lowest BCUT2D eigenvalue weighted by atomic mass is 9.99. The van der Waals surface area contributed by atoms with E-state index in [4.69, 9.17) is 19.8 Å². The lowest BCUT2D eigenvalue weighted by Gasteiger charge is -2.39. The molecule has 0 saturated carbocycles. The summed E-state index contributed by atoms with van der Waals surface area (Å²) in [6.45, 7) is -0.555. The molecule has 1 aliphatic rings. The van der Waals surface area contributed by atoms with Crippen LogP contribution in [0.1, 0.15) is 10.4 Å². The predicted octanol–water partition coefficient (Wildman–Crippen LogP) is -2.02. The molecule has 0 aromatic heterocycles. The Morgan fingerprint density at radius 2 is 1.77 bits per heavy atom. The fourth-order valence-corrected chi connectivity index (χ4v) is 2.05. The molecule has 5 atom stereocenters. The van der Waals surface area contributed by atoms with Crippen molar-refractivity contribution in [3.8, 4) is 5.75 Å². The summed E-state index contributed by atoms with van der Waals surface area (Å²) in [6, 6.07) is 5.52. The van der Waals surface area contributed by atoms with Crippen molar-refractivity contribution in [2.24, 2.45) is 0 Å². The van der Waals surface area contributed by atoms with E-state index in [2.05, 4.69) is 0 Å². The van der Waals surface area contributed by atoms with Gasteiger partial charge in [-0.1, -0.05) is 0 Å².